The highest BCUT2D eigenvalue weighted by Gasteiger charge is 2.21. The van der Waals surface area contributed by atoms with Gasteiger partial charge in [-0.05, 0) is 141 Å². The van der Waals surface area contributed by atoms with Crippen molar-refractivity contribution in [3.05, 3.63) is 208 Å². The quantitative estimate of drug-likeness (QED) is 0.0181. The summed E-state index contributed by atoms with van der Waals surface area (Å²) in [4.78, 5) is 80.9. The van der Waals surface area contributed by atoms with Crippen LogP contribution in [0.5, 0.6) is 0 Å². The predicted molar refractivity (Wildman–Crippen MR) is 298 cm³/mol. The van der Waals surface area contributed by atoms with Crippen LogP contribution in [-0.4, -0.2) is 96.4 Å². The zero-order valence-electron chi connectivity index (χ0n) is 42.0. The molecular weight excluding hydrogens is 1020 g/mol. The summed E-state index contributed by atoms with van der Waals surface area (Å²) in [7, 11) is 0. The van der Waals surface area contributed by atoms with Gasteiger partial charge in [-0.2, -0.15) is 0 Å². The zero-order valence-corrected chi connectivity index (χ0v) is 42.0. The molecule has 5 heterocycles. The Balaban J connectivity index is 1.28. The predicted octanol–water partition coefficient (Wildman–Crippen LogP) is 13.2. The van der Waals surface area contributed by atoms with Crippen LogP contribution in [0.1, 0.15) is 64.2 Å². The van der Waals surface area contributed by atoms with Crippen molar-refractivity contribution in [3.8, 4) is 44.5 Å². The highest BCUT2D eigenvalue weighted by atomic mass is 16.5. The molecule has 2 N–H and O–H groups in total. The maximum atomic E-state index is 13.0. The minimum Gasteiger partial charge on any atom is -0.462 e. The van der Waals surface area contributed by atoms with Crippen molar-refractivity contribution in [2.24, 2.45) is 20.5 Å². The average molecular weight is 1070 g/mol. The third-order valence-electron chi connectivity index (χ3n) is 12.3. The Morgan fingerprint density at radius 3 is 0.762 bits per heavy atom. The Hall–Kier alpha value is -11.4. The van der Waals surface area contributed by atoms with E-state index in [1.165, 1.54) is 0 Å². The Bertz CT molecular complexity index is 3490. The molecule has 0 radical (unpaired) electrons. The summed E-state index contributed by atoms with van der Waals surface area (Å²) in [5, 5.41) is 13.7. The minimum absolute atomic E-state index is 0.0219. The van der Waals surface area contributed by atoms with E-state index in [0.717, 1.165) is 0 Å². The molecule has 0 spiro atoms. The first-order valence-corrected chi connectivity index (χ1v) is 24.5. The molecule has 0 saturated heterocycles. The smallest absolute Gasteiger partial charge is 0.338 e. The first-order valence-electron chi connectivity index (χ1n) is 24.5. The van der Waals surface area contributed by atoms with Gasteiger partial charge in [0.15, 0.2) is 0 Å². The molecule has 0 amide bonds. The van der Waals surface area contributed by atoms with Gasteiger partial charge in [-0.15, -0.1) is 0 Å². The number of aromatic amines is 2. The fraction of sp³-hybridized carbons (Fsp3) is 0.143. The molecule has 4 aromatic carbocycles. The number of fused-ring (bicyclic) bond motifs is 8. The van der Waals surface area contributed by atoms with Crippen LogP contribution >= 0.6 is 0 Å². The summed E-state index contributed by atoms with van der Waals surface area (Å²) in [5.41, 5.74) is 45.7. The van der Waals surface area contributed by atoms with Crippen molar-refractivity contribution < 1.29 is 38.1 Å². The molecule has 8 bridgehead atoms. The summed E-state index contributed by atoms with van der Waals surface area (Å²) >= 11 is 0. The van der Waals surface area contributed by atoms with Crippen LogP contribution in [0.2, 0.25) is 0 Å². The molecule has 0 aliphatic carbocycles. The van der Waals surface area contributed by atoms with E-state index in [1.807, 2.05) is 48.6 Å². The molecule has 0 saturated carbocycles. The summed E-state index contributed by atoms with van der Waals surface area (Å²) in [6.45, 7) is -0.484. The summed E-state index contributed by atoms with van der Waals surface area (Å²) in [6.07, 6.45) is 7.50. The van der Waals surface area contributed by atoms with E-state index in [2.05, 4.69) is 50.1 Å². The molecule has 0 fully saturated rings. The molecule has 394 valence electrons. The van der Waals surface area contributed by atoms with Gasteiger partial charge >= 0.3 is 23.9 Å². The Morgan fingerprint density at radius 1 is 0.350 bits per heavy atom. The highest BCUT2D eigenvalue weighted by molar-refractivity contribution is 6.01. The van der Waals surface area contributed by atoms with E-state index < -0.39 is 23.9 Å². The molecule has 0 atom stereocenters. The van der Waals surface area contributed by atoms with Gasteiger partial charge in [0.05, 0.1) is 97.6 Å². The lowest BCUT2D eigenvalue weighted by Gasteiger charge is -2.09. The molecule has 24 nitrogen and oxygen atoms in total. The van der Waals surface area contributed by atoms with Gasteiger partial charge in [0.25, 0.3) is 0 Å². The topological polar surface area (TPSA) is 358 Å². The standard InChI is InChI=1S/C56H42N16O8/c57-69-61-25-29-77-53(73)37-9-1-33(2-10-37)49-41-17-19-43(65-41)50(34-3-11-38(12-4-34)54(74)78-30-26-62-70-58)45-21-23-47(67-45)52(36-7-15-40(16-8-36)56(76)80-32-28-64-72-60)48-24-22-46(68-48)51(44-20-18-42(49)66-44)35-5-13-39(14-6-35)55(75)79-31-27-63-71-59/h1-24,65,68H,25-32H2. The number of esters is 4. The van der Waals surface area contributed by atoms with Gasteiger partial charge in [-0.3, -0.25) is 0 Å². The fourth-order valence-corrected chi connectivity index (χ4v) is 8.74. The van der Waals surface area contributed by atoms with Crippen LogP contribution in [0.25, 0.3) is 133 Å². The Kier molecular flexibility index (Phi) is 17.0. The minimum atomic E-state index is -0.605. The maximum Gasteiger partial charge on any atom is 0.338 e. The molecule has 7 aromatic rings. The summed E-state index contributed by atoms with van der Waals surface area (Å²) < 4.78 is 21.3. The largest absolute Gasteiger partial charge is 0.462 e. The molecule has 2 aliphatic rings. The van der Waals surface area contributed by atoms with Crippen LogP contribution in [-0.2, 0) is 18.9 Å². The zero-order chi connectivity index (χ0) is 55.8. The van der Waals surface area contributed by atoms with Gasteiger partial charge in [0, 0.05) is 64.0 Å². The third-order valence-corrected chi connectivity index (χ3v) is 12.3. The van der Waals surface area contributed by atoms with Gasteiger partial charge in [0.1, 0.15) is 0 Å². The second kappa shape index (κ2) is 25.4. The number of H-pyrrole nitrogens is 2. The van der Waals surface area contributed by atoms with E-state index >= 15 is 0 Å². The van der Waals surface area contributed by atoms with Crippen molar-refractivity contribution in [2.75, 3.05) is 52.6 Å². The number of azide groups is 4. The number of nitrogens with zero attached hydrogens (tertiary/aromatic N) is 14. The Labute approximate surface area is 452 Å². The maximum absolute atomic E-state index is 13.0. The first kappa shape index (κ1) is 53.4. The van der Waals surface area contributed by atoms with Crippen molar-refractivity contribution >= 4 is 70.2 Å². The SMILES string of the molecule is [N-]=[N+]=NCCOC(=O)c1ccc(-c2c3nc(c(-c4ccc(C(=O)OCCN=[N+]=[N-])cc4)c4ccc([nH]4)c(-c4ccc(C(=O)OCCN=[N+]=[N-])cc4)c4nc(c(-c5ccc(C(=O)OCCN=[N+]=[N-])cc5)c5ccc2[nH]5)C=C4)C=C3)cc1. The average Bonchev–Trinajstić information content (AvgIpc) is 4.42. The monoisotopic (exact) mass is 1070 g/mol. The number of hydrogen-bond donors (Lipinski definition) is 2. The van der Waals surface area contributed by atoms with Gasteiger partial charge in [-0.25, -0.2) is 29.1 Å². The number of rotatable bonds is 20. The van der Waals surface area contributed by atoms with E-state index in [-0.39, 0.29) is 74.9 Å². The van der Waals surface area contributed by atoms with Crippen molar-refractivity contribution in [1.82, 2.24) is 19.9 Å². The van der Waals surface area contributed by atoms with Crippen LogP contribution in [0, 0.1) is 0 Å². The molecule has 24 heteroatoms. The van der Waals surface area contributed by atoms with Crippen LogP contribution in [0.15, 0.2) is 142 Å². The molecule has 80 heavy (non-hydrogen) atoms. The number of nitrogens with one attached hydrogen (secondary N) is 2. The summed E-state index contributed by atoms with van der Waals surface area (Å²) in [5.74, 6) is -2.42. The normalized spacial score (nSPS) is 11.0. The molecule has 3 aromatic heterocycles. The molecule has 0 unspecified atom stereocenters. The van der Waals surface area contributed by atoms with Gasteiger partial charge in [0.2, 0.25) is 0 Å². The molecule has 9 rings (SSSR count). The van der Waals surface area contributed by atoms with Gasteiger partial charge < -0.3 is 28.9 Å². The number of aromatic nitrogens is 4. The number of carbonyl (C=O) groups excluding carboxylic acids is 4. The van der Waals surface area contributed by atoms with Crippen LogP contribution in [0.3, 0.4) is 0 Å². The molecule has 2 aliphatic heterocycles. The van der Waals surface area contributed by atoms with Gasteiger partial charge in [-0.1, -0.05) is 69.0 Å². The number of benzene rings is 4. The lowest BCUT2D eigenvalue weighted by molar-refractivity contribution is 0.0508. The van der Waals surface area contributed by atoms with E-state index in [0.29, 0.717) is 89.4 Å². The van der Waals surface area contributed by atoms with E-state index in [9.17, 15) is 19.2 Å². The van der Waals surface area contributed by atoms with E-state index in [4.69, 9.17) is 51.0 Å². The first-order chi connectivity index (χ1) is 39.2. The highest BCUT2D eigenvalue weighted by Crippen LogP contribution is 2.39. The molecular formula is C56H42N16O8. The fourth-order valence-electron chi connectivity index (χ4n) is 8.74. The Morgan fingerprint density at radius 2 is 0.562 bits per heavy atom. The lowest BCUT2D eigenvalue weighted by atomic mass is 10.0. The van der Waals surface area contributed by atoms with Crippen molar-refractivity contribution in [3.63, 3.8) is 0 Å². The summed E-state index contributed by atoms with van der Waals surface area (Å²) in [6, 6.07) is 34.9. The number of ether oxygens (including phenoxy) is 4. The van der Waals surface area contributed by atoms with Crippen molar-refractivity contribution in [1.29, 1.82) is 0 Å². The number of carbonyl (C=O) groups is 4. The number of hydrogen-bond acceptors (Lipinski definition) is 14. The third kappa shape index (κ3) is 12.3. The second-order valence-corrected chi connectivity index (χ2v) is 17.2. The van der Waals surface area contributed by atoms with Crippen LogP contribution < -0.4 is 0 Å². The van der Waals surface area contributed by atoms with Crippen LogP contribution in [0.4, 0.5) is 0 Å². The lowest BCUT2D eigenvalue weighted by Crippen LogP contribution is -2.07. The second-order valence-electron chi connectivity index (χ2n) is 17.2. The van der Waals surface area contributed by atoms with E-state index in [1.54, 1.807) is 97.1 Å². The van der Waals surface area contributed by atoms with Crippen molar-refractivity contribution in [2.45, 2.75) is 0 Å².